The van der Waals surface area contributed by atoms with Crippen molar-refractivity contribution in [3.8, 4) is 0 Å². The number of carbonyl (C=O) groups excluding carboxylic acids is 1. The molecule has 1 aromatic rings. The van der Waals surface area contributed by atoms with Crippen molar-refractivity contribution in [2.45, 2.75) is 25.4 Å². The molecule has 0 atom stereocenters. The van der Waals surface area contributed by atoms with Crippen molar-refractivity contribution in [3.63, 3.8) is 0 Å². The van der Waals surface area contributed by atoms with Crippen molar-refractivity contribution in [1.82, 2.24) is 4.98 Å². The summed E-state index contributed by atoms with van der Waals surface area (Å²) in [5.74, 6) is 0. The molecule has 82 valence electrons. The lowest BCUT2D eigenvalue weighted by Gasteiger charge is -2.27. The van der Waals surface area contributed by atoms with Gasteiger partial charge in [0.2, 0.25) is 0 Å². The van der Waals surface area contributed by atoms with E-state index in [4.69, 9.17) is 0 Å². The maximum Gasteiger partial charge on any atom is 0.399 e. The summed E-state index contributed by atoms with van der Waals surface area (Å²) in [6.07, 6.45) is -2.69. The minimum Gasteiger partial charge on any atom is -0.298 e. The van der Waals surface area contributed by atoms with Crippen molar-refractivity contribution in [1.29, 1.82) is 0 Å². The first-order valence-electron chi connectivity index (χ1n) is 4.27. The highest BCUT2D eigenvalue weighted by Crippen LogP contribution is 2.39. The van der Waals surface area contributed by atoms with E-state index in [1.165, 1.54) is 12.3 Å². The fraction of sp³-hybridized carbons (Fsp3) is 0.400. The first-order chi connectivity index (χ1) is 6.79. The number of hydrogen-bond acceptors (Lipinski definition) is 2. The Morgan fingerprint density at radius 2 is 1.93 bits per heavy atom. The van der Waals surface area contributed by atoms with Gasteiger partial charge >= 0.3 is 6.18 Å². The zero-order valence-electron chi connectivity index (χ0n) is 8.30. The maximum absolute atomic E-state index is 12.6. The largest absolute Gasteiger partial charge is 0.399 e. The van der Waals surface area contributed by atoms with Crippen LogP contribution in [-0.2, 0) is 5.41 Å². The van der Waals surface area contributed by atoms with Crippen LogP contribution >= 0.6 is 0 Å². The Hall–Kier alpha value is -1.39. The molecule has 0 fully saturated rings. The molecule has 1 heterocycles. The van der Waals surface area contributed by atoms with Crippen molar-refractivity contribution < 1.29 is 18.0 Å². The van der Waals surface area contributed by atoms with E-state index in [2.05, 4.69) is 4.98 Å². The van der Waals surface area contributed by atoms with E-state index in [-0.39, 0.29) is 11.3 Å². The van der Waals surface area contributed by atoms with Gasteiger partial charge in [0, 0.05) is 11.8 Å². The zero-order chi connectivity index (χ0) is 11.7. The minimum atomic E-state index is -4.39. The monoisotopic (exact) mass is 217 g/mol. The number of hydrogen-bond donors (Lipinski definition) is 0. The molecule has 1 rings (SSSR count). The summed E-state index contributed by atoms with van der Waals surface area (Å²) in [5, 5.41) is 0. The van der Waals surface area contributed by atoms with Gasteiger partial charge in [-0.3, -0.25) is 9.78 Å². The number of alkyl halides is 3. The standard InChI is InChI=1S/C10H10F3NO/c1-9(2,10(11,12)13)8-5-7(6-15)3-4-14-8/h3-6H,1-2H3. The normalized spacial score (nSPS) is 12.6. The Labute approximate surface area is 85.1 Å². The summed E-state index contributed by atoms with van der Waals surface area (Å²) >= 11 is 0. The molecule has 0 saturated heterocycles. The van der Waals surface area contributed by atoms with Crippen LogP contribution in [0, 0.1) is 0 Å². The second kappa shape index (κ2) is 3.64. The molecule has 0 saturated carbocycles. The van der Waals surface area contributed by atoms with Crippen LogP contribution in [0.5, 0.6) is 0 Å². The van der Waals surface area contributed by atoms with Gasteiger partial charge in [-0.25, -0.2) is 0 Å². The highest BCUT2D eigenvalue weighted by molar-refractivity contribution is 5.74. The van der Waals surface area contributed by atoms with Gasteiger partial charge in [-0.15, -0.1) is 0 Å². The average Bonchev–Trinajstić information content (AvgIpc) is 2.16. The van der Waals surface area contributed by atoms with E-state index in [0.717, 1.165) is 19.9 Å². The van der Waals surface area contributed by atoms with Crippen molar-refractivity contribution >= 4 is 6.29 Å². The smallest absolute Gasteiger partial charge is 0.298 e. The molecule has 15 heavy (non-hydrogen) atoms. The summed E-state index contributed by atoms with van der Waals surface area (Å²) in [4.78, 5) is 14.1. The van der Waals surface area contributed by atoms with Crippen molar-refractivity contribution in [2.75, 3.05) is 0 Å². The first-order valence-corrected chi connectivity index (χ1v) is 4.27. The summed E-state index contributed by atoms with van der Waals surface area (Å²) < 4.78 is 37.9. The van der Waals surface area contributed by atoms with E-state index in [9.17, 15) is 18.0 Å². The Morgan fingerprint density at radius 1 is 1.33 bits per heavy atom. The van der Waals surface area contributed by atoms with E-state index < -0.39 is 11.6 Å². The molecule has 0 aliphatic carbocycles. The Balaban J connectivity index is 3.21. The molecule has 0 aliphatic heterocycles. The number of aromatic nitrogens is 1. The van der Waals surface area contributed by atoms with E-state index in [1.807, 2.05) is 0 Å². The summed E-state index contributed by atoms with van der Waals surface area (Å²) in [7, 11) is 0. The third-order valence-corrected chi connectivity index (χ3v) is 2.27. The number of carbonyl (C=O) groups is 1. The van der Waals surface area contributed by atoms with Gasteiger partial charge in [0.15, 0.2) is 0 Å². The van der Waals surface area contributed by atoms with Crippen LogP contribution in [0.2, 0.25) is 0 Å². The minimum absolute atomic E-state index is 0.153. The SMILES string of the molecule is CC(C)(c1cc(C=O)ccn1)C(F)(F)F. The fourth-order valence-corrected chi connectivity index (χ4v) is 1.01. The number of nitrogens with zero attached hydrogens (tertiary/aromatic N) is 1. The quantitative estimate of drug-likeness (QED) is 0.713. The van der Waals surface area contributed by atoms with Gasteiger partial charge < -0.3 is 0 Å². The third kappa shape index (κ3) is 2.16. The van der Waals surface area contributed by atoms with Crippen LogP contribution in [0.15, 0.2) is 18.3 Å². The van der Waals surface area contributed by atoms with Gasteiger partial charge in [0.25, 0.3) is 0 Å². The average molecular weight is 217 g/mol. The van der Waals surface area contributed by atoms with Crippen LogP contribution in [0.1, 0.15) is 29.9 Å². The predicted octanol–water partition coefficient (Wildman–Crippen LogP) is 2.73. The maximum atomic E-state index is 12.6. The molecular formula is C10H10F3NO. The van der Waals surface area contributed by atoms with E-state index >= 15 is 0 Å². The molecule has 0 aliphatic rings. The van der Waals surface area contributed by atoms with Gasteiger partial charge in [-0.05, 0) is 26.0 Å². The van der Waals surface area contributed by atoms with E-state index in [0.29, 0.717) is 6.29 Å². The van der Waals surface area contributed by atoms with Gasteiger partial charge in [0.1, 0.15) is 11.7 Å². The van der Waals surface area contributed by atoms with Crippen molar-refractivity contribution in [3.05, 3.63) is 29.6 Å². The number of pyridine rings is 1. The second-order valence-corrected chi connectivity index (χ2v) is 3.72. The van der Waals surface area contributed by atoms with Crippen LogP contribution in [0.4, 0.5) is 13.2 Å². The number of aldehydes is 1. The molecule has 5 heteroatoms. The number of halogens is 3. The Morgan fingerprint density at radius 3 is 2.40 bits per heavy atom. The van der Waals surface area contributed by atoms with Crippen LogP contribution < -0.4 is 0 Å². The molecule has 0 bridgehead atoms. The summed E-state index contributed by atoms with van der Waals surface area (Å²) in [5.41, 5.74) is -2.01. The lowest BCUT2D eigenvalue weighted by molar-refractivity contribution is -0.181. The van der Waals surface area contributed by atoms with Gasteiger partial charge in [-0.1, -0.05) is 0 Å². The predicted molar refractivity (Wildman–Crippen MR) is 48.7 cm³/mol. The molecule has 0 spiro atoms. The topological polar surface area (TPSA) is 30.0 Å². The lowest BCUT2D eigenvalue weighted by atomic mass is 9.87. The molecule has 0 radical (unpaired) electrons. The highest BCUT2D eigenvalue weighted by atomic mass is 19.4. The van der Waals surface area contributed by atoms with E-state index in [1.54, 1.807) is 0 Å². The summed E-state index contributed by atoms with van der Waals surface area (Å²) in [6, 6.07) is 2.52. The third-order valence-electron chi connectivity index (χ3n) is 2.27. The fourth-order valence-electron chi connectivity index (χ4n) is 1.01. The molecule has 0 N–H and O–H groups in total. The van der Waals surface area contributed by atoms with Crippen LogP contribution in [0.25, 0.3) is 0 Å². The van der Waals surface area contributed by atoms with Gasteiger partial charge in [-0.2, -0.15) is 13.2 Å². The van der Waals surface area contributed by atoms with Crippen LogP contribution in [0.3, 0.4) is 0 Å². The molecule has 1 aromatic heterocycles. The Bertz CT molecular complexity index is 371. The molecular weight excluding hydrogens is 207 g/mol. The summed E-state index contributed by atoms with van der Waals surface area (Å²) in [6.45, 7) is 2.06. The zero-order valence-corrected chi connectivity index (χ0v) is 8.30. The molecule has 0 unspecified atom stereocenters. The highest BCUT2D eigenvalue weighted by Gasteiger charge is 2.49. The molecule has 2 nitrogen and oxygen atoms in total. The Kier molecular flexibility index (Phi) is 2.83. The van der Waals surface area contributed by atoms with Gasteiger partial charge in [0.05, 0.1) is 5.69 Å². The second-order valence-electron chi connectivity index (χ2n) is 3.72. The molecule has 0 amide bonds. The first kappa shape index (κ1) is 11.7. The molecule has 0 aromatic carbocycles. The lowest BCUT2D eigenvalue weighted by Crippen LogP contribution is -2.37. The van der Waals surface area contributed by atoms with Crippen LogP contribution in [-0.4, -0.2) is 17.4 Å². The number of rotatable bonds is 2. The van der Waals surface area contributed by atoms with Crippen molar-refractivity contribution in [2.24, 2.45) is 0 Å².